The fourth-order valence-electron chi connectivity index (χ4n) is 2.34. The topological polar surface area (TPSA) is 88.2 Å². The number of halogens is 3. The van der Waals surface area contributed by atoms with Gasteiger partial charge in [0.25, 0.3) is 0 Å². The smallest absolute Gasteiger partial charge is 0.356 e. The van der Waals surface area contributed by atoms with Gasteiger partial charge in [0.1, 0.15) is 5.15 Å². The number of nitrogens with one attached hydrogen (secondary N) is 1. The predicted molar refractivity (Wildman–Crippen MR) is 123 cm³/mol. The molecule has 5 nitrogen and oxygen atoms in total. The second-order valence-corrected chi connectivity index (χ2v) is 11.4. The number of pyridine rings is 1. The molecule has 0 saturated carbocycles. The van der Waals surface area contributed by atoms with Crippen LogP contribution in [0, 0.1) is 0 Å². The Morgan fingerprint density at radius 2 is 1.52 bits per heavy atom. The average molecular weight is 515 g/mol. The summed E-state index contributed by atoms with van der Waals surface area (Å²) in [6.07, 6.45) is 0. The minimum absolute atomic E-state index is 0.0851. The van der Waals surface area contributed by atoms with Gasteiger partial charge in [0.05, 0.1) is 5.02 Å². The molecule has 3 aromatic rings. The first-order chi connectivity index (χ1) is 13.9. The van der Waals surface area contributed by atoms with Crippen LogP contribution in [0.4, 0.5) is 11.4 Å². The van der Waals surface area contributed by atoms with E-state index in [4.69, 9.17) is 44.0 Å². The molecule has 0 amide bonds. The molecule has 4 rings (SSSR count). The minimum atomic E-state index is -1.55. The number of hydrogen-bond donors (Lipinski definition) is 3. The summed E-state index contributed by atoms with van der Waals surface area (Å²) < 4.78 is 2.59. The number of carboxylic acid groups (broad SMARTS) is 1. The van der Waals surface area contributed by atoms with Crippen molar-refractivity contribution in [3.8, 4) is 0 Å². The van der Waals surface area contributed by atoms with E-state index in [1.165, 1.54) is 32.2 Å². The van der Waals surface area contributed by atoms with Crippen LogP contribution in [0.1, 0.15) is 17.4 Å². The third-order valence-electron chi connectivity index (χ3n) is 3.52. The summed E-state index contributed by atoms with van der Waals surface area (Å²) in [5.74, 6) is -1.18. The molecule has 1 aliphatic rings. The summed E-state index contributed by atoms with van der Waals surface area (Å²) in [6, 6.07) is 19.5. The van der Waals surface area contributed by atoms with Crippen molar-refractivity contribution in [1.82, 2.24) is 4.98 Å². The van der Waals surface area contributed by atoms with Crippen LogP contribution in [0.25, 0.3) is 0 Å². The molecule has 4 N–H and O–H groups in total. The Hall–Kier alpha value is -1.75. The molecule has 0 unspecified atom stereocenters. The summed E-state index contributed by atoms with van der Waals surface area (Å²) >= 11 is 9.37. The molecule has 0 radical (unpaired) electrons. The van der Waals surface area contributed by atoms with Crippen LogP contribution in [0.2, 0.25) is 10.2 Å². The van der Waals surface area contributed by atoms with E-state index in [0.717, 1.165) is 6.54 Å². The summed E-state index contributed by atoms with van der Waals surface area (Å²) in [4.78, 5) is 13.9. The molecule has 2 aromatic carbocycles. The number of hydrogen-bond acceptors (Lipinski definition) is 4. The monoisotopic (exact) mass is 513 g/mol. The van der Waals surface area contributed by atoms with Crippen molar-refractivity contribution >= 4 is 72.9 Å². The number of rotatable bonds is 1. The van der Waals surface area contributed by atoms with Crippen molar-refractivity contribution in [2.45, 2.75) is 6.92 Å². The molecule has 0 atom stereocenters. The van der Waals surface area contributed by atoms with Gasteiger partial charge in [-0.2, -0.15) is 0 Å². The predicted octanol–water partition coefficient (Wildman–Crippen LogP) is 4.14. The molecule has 29 heavy (non-hydrogen) atoms. The van der Waals surface area contributed by atoms with Gasteiger partial charge in [-0.3, -0.25) is 0 Å². The Morgan fingerprint density at radius 3 is 1.97 bits per heavy atom. The van der Waals surface area contributed by atoms with Crippen molar-refractivity contribution < 1.29 is 9.90 Å². The third kappa shape index (κ3) is 6.36. The molecule has 0 bridgehead atoms. The molecule has 2 heterocycles. The Morgan fingerprint density at radius 1 is 1.03 bits per heavy atom. The summed E-state index contributed by atoms with van der Waals surface area (Å²) in [6.45, 7) is 2.65. The zero-order chi connectivity index (χ0) is 21.4. The number of anilines is 2. The van der Waals surface area contributed by atoms with E-state index in [1.807, 2.05) is 19.1 Å². The molecule has 9 heteroatoms. The second-order valence-electron chi connectivity index (χ2n) is 5.62. The Labute approximate surface area is 188 Å². The van der Waals surface area contributed by atoms with Crippen molar-refractivity contribution in [3.63, 3.8) is 0 Å². The molecule has 152 valence electrons. The molecule has 1 aromatic heterocycles. The van der Waals surface area contributed by atoms with Crippen LogP contribution < -0.4 is 19.8 Å². The first-order valence-electron chi connectivity index (χ1n) is 8.55. The fourth-order valence-corrected chi connectivity index (χ4v) is 7.10. The van der Waals surface area contributed by atoms with E-state index in [9.17, 15) is 4.79 Å². The maximum absolute atomic E-state index is 10.4. The van der Waals surface area contributed by atoms with E-state index in [2.05, 4.69) is 46.7 Å². The molecule has 0 aliphatic carbocycles. The number of benzene rings is 2. The number of carboxylic acids is 1. The van der Waals surface area contributed by atoms with Crippen molar-refractivity contribution in [2.75, 3.05) is 11.9 Å². The van der Waals surface area contributed by atoms with Gasteiger partial charge in [-0.15, -0.1) is 0 Å². The fraction of sp³-hybridized carbons (Fsp3) is 0.100. The SMILES string of the molecule is CCN.Cl[As]1c2ccccc2Nc2ccccc21.O=C(O)c1nc(Cl)ccc1Cl. The van der Waals surface area contributed by atoms with Gasteiger partial charge in [0, 0.05) is 0 Å². The van der Waals surface area contributed by atoms with Crippen LogP contribution in [-0.4, -0.2) is 36.3 Å². The van der Waals surface area contributed by atoms with Gasteiger partial charge in [0.2, 0.25) is 0 Å². The van der Waals surface area contributed by atoms with Gasteiger partial charge in [-0.05, 0) is 18.7 Å². The number of para-hydroxylation sites is 2. The molecular formula is C20H19AsCl3N3O2. The van der Waals surface area contributed by atoms with E-state index < -0.39 is 19.7 Å². The number of nitrogens with zero attached hydrogens (tertiary/aromatic N) is 1. The van der Waals surface area contributed by atoms with Gasteiger partial charge < -0.3 is 10.8 Å². The first kappa shape index (κ1) is 23.5. The van der Waals surface area contributed by atoms with E-state index >= 15 is 0 Å². The first-order valence-corrected chi connectivity index (χ1v) is 13.6. The van der Waals surface area contributed by atoms with Gasteiger partial charge in [0.15, 0.2) is 5.69 Å². The van der Waals surface area contributed by atoms with E-state index in [0.29, 0.717) is 0 Å². The van der Waals surface area contributed by atoms with Crippen molar-refractivity contribution in [1.29, 1.82) is 0 Å². The van der Waals surface area contributed by atoms with E-state index in [1.54, 1.807) is 0 Å². The average Bonchev–Trinajstić information content (AvgIpc) is 2.71. The number of carbonyl (C=O) groups is 1. The Balaban J connectivity index is 0.000000190. The number of aromatic carboxylic acids is 1. The van der Waals surface area contributed by atoms with Gasteiger partial charge in [-0.1, -0.05) is 30.1 Å². The van der Waals surface area contributed by atoms with Crippen LogP contribution in [0.3, 0.4) is 0 Å². The Bertz CT molecular complexity index is 943. The van der Waals surface area contributed by atoms with Crippen LogP contribution >= 0.6 is 33.2 Å². The molecule has 0 spiro atoms. The zero-order valence-electron chi connectivity index (χ0n) is 15.4. The number of fused-ring (bicyclic) bond motifs is 2. The number of nitrogens with two attached hydrogens (primary N) is 1. The van der Waals surface area contributed by atoms with Crippen molar-refractivity contribution in [3.05, 3.63) is 76.5 Å². The van der Waals surface area contributed by atoms with E-state index in [-0.39, 0.29) is 15.9 Å². The second kappa shape index (κ2) is 11.4. The summed E-state index contributed by atoms with van der Waals surface area (Å²) in [5.41, 5.74) is 6.97. The van der Waals surface area contributed by atoms with Crippen LogP contribution in [0.5, 0.6) is 0 Å². The van der Waals surface area contributed by atoms with Gasteiger partial charge >= 0.3 is 104 Å². The standard InChI is InChI=1S/C12H9AsClN.C6H3Cl2NO2.C2H7N/c14-13-9-5-1-3-7-11(9)15-12-8-4-2-6-10(12)13;7-3-1-2-4(8)9-5(3)6(10)11;1-2-3/h1-8,15H;1-2H,(H,10,11);2-3H2,1H3. The maximum atomic E-state index is 10.4. The Kier molecular flexibility index (Phi) is 9.28. The molecule has 1 aliphatic heterocycles. The summed E-state index contributed by atoms with van der Waals surface area (Å²) in [5, 5.41) is 12.1. The molecule has 0 fully saturated rings. The molecule has 0 saturated heterocycles. The summed E-state index contributed by atoms with van der Waals surface area (Å²) in [7, 11) is 6.58. The quantitative estimate of drug-likeness (QED) is 0.336. The van der Waals surface area contributed by atoms with Gasteiger partial charge in [-0.25, -0.2) is 9.78 Å². The van der Waals surface area contributed by atoms with Crippen LogP contribution in [-0.2, 0) is 0 Å². The normalized spacial score (nSPS) is 11.5. The maximum Gasteiger partial charge on any atom is 0.356 e. The zero-order valence-corrected chi connectivity index (χ0v) is 19.6. The minimum Gasteiger partial charge on any atom is -0.476 e. The van der Waals surface area contributed by atoms with Crippen LogP contribution in [0.15, 0.2) is 60.7 Å². The number of aromatic nitrogens is 1. The molecular weight excluding hydrogens is 496 g/mol. The largest absolute Gasteiger partial charge is 0.476 e. The third-order valence-corrected chi connectivity index (χ3v) is 9.33. The van der Waals surface area contributed by atoms with Crippen molar-refractivity contribution in [2.24, 2.45) is 5.73 Å².